The molecule has 0 amide bonds. The molecule has 1 rings (SSSR count). The zero-order valence-corrected chi connectivity index (χ0v) is 12.1. The van der Waals surface area contributed by atoms with Crippen LogP contribution >= 0.6 is 0 Å². The molecule has 106 valence electrons. The maximum Gasteiger partial charge on any atom is 0.326 e. The fourth-order valence-corrected chi connectivity index (χ4v) is 4.02. The number of sulfonamides is 1. The van der Waals surface area contributed by atoms with Gasteiger partial charge in [0.1, 0.15) is 6.04 Å². The molecule has 0 saturated carbocycles. The van der Waals surface area contributed by atoms with Crippen LogP contribution in [-0.2, 0) is 24.3 Å². The van der Waals surface area contributed by atoms with Crippen LogP contribution in [0.2, 0.25) is 0 Å². The van der Waals surface area contributed by atoms with E-state index in [1.165, 1.54) is 11.4 Å². The summed E-state index contributed by atoms with van der Waals surface area (Å²) in [6.07, 6.45) is 0. The van der Waals surface area contributed by atoms with Gasteiger partial charge in [-0.25, -0.2) is 8.42 Å². The molecule has 0 aromatic heterocycles. The van der Waals surface area contributed by atoms with Crippen LogP contribution in [0.25, 0.3) is 0 Å². The first kappa shape index (κ1) is 15.4. The number of hydrogen-bond donors (Lipinski definition) is 0. The highest BCUT2D eigenvalue weighted by atomic mass is 32.2. The van der Waals surface area contributed by atoms with E-state index in [-0.39, 0.29) is 24.3 Å². The normalized spacial score (nSPS) is 22.8. The van der Waals surface area contributed by atoms with E-state index in [1.54, 1.807) is 0 Å². The van der Waals surface area contributed by atoms with Gasteiger partial charge in [0, 0.05) is 6.54 Å². The SMILES string of the molecule is COC(=O)C1COCCN1S(=O)(=O)CC(C)(C)C. The third-order valence-electron chi connectivity index (χ3n) is 2.53. The van der Waals surface area contributed by atoms with Gasteiger partial charge in [0.15, 0.2) is 0 Å². The van der Waals surface area contributed by atoms with E-state index in [4.69, 9.17) is 4.74 Å². The molecule has 1 heterocycles. The van der Waals surface area contributed by atoms with E-state index in [0.717, 1.165) is 0 Å². The van der Waals surface area contributed by atoms with Crippen LogP contribution in [0, 0.1) is 5.41 Å². The van der Waals surface area contributed by atoms with Crippen molar-refractivity contribution in [3.63, 3.8) is 0 Å². The standard InChI is InChI=1S/C11H21NO5S/c1-11(2,3)8-18(14,15)12-5-6-17-7-9(12)10(13)16-4/h9H,5-8H2,1-4H3. The van der Waals surface area contributed by atoms with E-state index in [1.807, 2.05) is 20.8 Å². The Kier molecular flexibility index (Phi) is 4.74. The largest absolute Gasteiger partial charge is 0.468 e. The quantitative estimate of drug-likeness (QED) is 0.692. The number of carbonyl (C=O) groups excluding carboxylic acids is 1. The summed E-state index contributed by atoms with van der Waals surface area (Å²) in [4.78, 5) is 11.6. The average molecular weight is 279 g/mol. The minimum absolute atomic E-state index is 0.00645. The molecule has 1 fully saturated rings. The summed E-state index contributed by atoms with van der Waals surface area (Å²) >= 11 is 0. The third-order valence-corrected chi connectivity index (χ3v) is 4.91. The molecule has 0 aromatic rings. The van der Waals surface area contributed by atoms with Crippen molar-refractivity contribution < 1.29 is 22.7 Å². The Morgan fingerprint density at radius 3 is 2.56 bits per heavy atom. The first-order chi connectivity index (χ1) is 8.17. The fraction of sp³-hybridized carbons (Fsp3) is 0.909. The molecular weight excluding hydrogens is 258 g/mol. The van der Waals surface area contributed by atoms with Crippen molar-refractivity contribution in [2.45, 2.75) is 26.8 Å². The zero-order valence-electron chi connectivity index (χ0n) is 11.3. The molecule has 0 aromatic carbocycles. The van der Waals surface area contributed by atoms with Gasteiger partial charge in [0.2, 0.25) is 10.0 Å². The van der Waals surface area contributed by atoms with Crippen LogP contribution in [0.5, 0.6) is 0 Å². The molecule has 0 aliphatic carbocycles. The molecule has 7 heteroatoms. The number of ether oxygens (including phenoxy) is 2. The highest BCUT2D eigenvalue weighted by Crippen LogP contribution is 2.22. The Morgan fingerprint density at radius 2 is 2.06 bits per heavy atom. The van der Waals surface area contributed by atoms with Crippen LogP contribution in [0.4, 0.5) is 0 Å². The topological polar surface area (TPSA) is 72.9 Å². The van der Waals surface area contributed by atoms with Crippen molar-refractivity contribution in [3.05, 3.63) is 0 Å². The van der Waals surface area contributed by atoms with Gasteiger partial charge in [-0.2, -0.15) is 4.31 Å². The number of nitrogens with zero attached hydrogens (tertiary/aromatic N) is 1. The van der Waals surface area contributed by atoms with E-state index in [0.29, 0.717) is 6.61 Å². The Morgan fingerprint density at radius 1 is 1.44 bits per heavy atom. The Hall–Kier alpha value is -0.660. The molecule has 0 N–H and O–H groups in total. The number of esters is 1. The summed E-state index contributed by atoms with van der Waals surface area (Å²) in [6, 6.07) is -0.865. The summed E-state index contributed by atoms with van der Waals surface area (Å²) < 4.78 is 35.6. The molecule has 0 radical (unpaired) electrons. The first-order valence-electron chi connectivity index (χ1n) is 5.82. The van der Waals surface area contributed by atoms with E-state index < -0.39 is 22.0 Å². The summed E-state index contributed by atoms with van der Waals surface area (Å²) in [5.41, 5.74) is -0.363. The van der Waals surface area contributed by atoms with Crippen LogP contribution in [0.1, 0.15) is 20.8 Å². The van der Waals surface area contributed by atoms with Crippen LogP contribution in [0.15, 0.2) is 0 Å². The molecule has 0 bridgehead atoms. The van der Waals surface area contributed by atoms with Crippen molar-refractivity contribution in [3.8, 4) is 0 Å². The molecule has 1 unspecified atom stereocenters. The second-order valence-corrected chi connectivity index (χ2v) is 7.46. The lowest BCUT2D eigenvalue weighted by Crippen LogP contribution is -2.54. The van der Waals surface area contributed by atoms with Crippen LogP contribution in [-0.4, -0.2) is 57.4 Å². The van der Waals surface area contributed by atoms with Gasteiger partial charge in [-0.3, -0.25) is 4.79 Å². The second-order valence-electron chi connectivity index (χ2n) is 5.54. The number of carbonyl (C=O) groups is 1. The molecular formula is C11H21NO5S. The van der Waals surface area contributed by atoms with Crippen LogP contribution in [0.3, 0.4) is 0 Å². The average Bonchev–Trinajstić information content (AvgIpc) is 2.25. The summed E-state index contributed by atoms with van der Waals surface area (Å²) in [7, 11) is -2.25. The summed E-state index contributed by atoms with van der Waals surface area (Å²) in [5.74, 6) is -0.583. The zero-order chi connectivity index (χ0) is 14.0. The van der Waals surface area contributed by atoms with Gasteiger partial charge < -0.3 is 9.47 Å². The maximum atomic E-state index is 12.3. The van der Waals surface area contributed by atoms with Gasteiger partial charge in [-0.15, -0.1) is 0 Å². The number of morpholine rings is 1. The Bertz CT molecular complexity index is 398. The lowest BCUT2D eigenvalue weighted by atomic mass is 10.0. The molecule has 1 aliphatic heterocycles. The van der Waals surface area contributed by atoms with Crippen molar-refractivity contribution in [1.29, 1.82) is 0 Å². The van der Waals surface area contributed by atoms with Gasteiger partial charge in [0.05, 0.1) is 26.1 Å². The van der Waals surface area contributed by atoms with Crippen molar-refractivity contribution >= 4 is 16.0 Å². The molecule has 1 aliphatic rings. The molecule has 18 heavy (non-hydrogen) atoms. The number of methoxy groups -OCH3 is 1. The lowest BCUT2D eigenvalue weighted by molar-refractivity contribution is -0.149. The number of hydrogen-bond acceptors (Lipinski definition) is 5. The highest BCUT2D eigenvalue weighted by molar-refractivity contribution is 7.89. The van der Waals surface area contributed by atoms with E-state index in [9.17, 15) is 13.2 Å². The molecule has 0 spiro atoms. The molecule has 1 saturated heterocycles. The number of rotatable bonds is 3. The smallest absolute Gasteiger partial charge is 0.326 e. The fourth-order valence-electron chi connectivity index (χ4n) is 1.87. The predicted molar refractivity (Wildman–Crippen MR) is 66.6 cm³/mol. The molecule has 1 atom stereocenters. The predicted octanol–water partition coefficient (Wildman–Crippen LogP) is 0.236. The second kappa shape index (κ2) is 5.54. The first-order valence-corrected chi connectivity index (χ1v) is 7.43. The van der Waals surface area contributed by atoms with Crippen LogP contribution < -0.4 is 0 Å². The van der Waals surface area contributed by atoms with Gasteiger partial charge in [-0.05, 0) is 5.41 Å². The van der Waals surface area contributed by atoms with Gasteiger partial charge in [0.25, 0.3) is 0 Å². The van der Waals surface area contributed by atoms with Gasteiger partial charge in [-0.1, -0.05) is 20.8 Å². The lowest BCUT2D eigenvalue weighted by Gasteiger charge is -2.34. The minimum Gasteiger partial charge on any atom is -0.468 e. The highest BCUT2D eigenvalue weighted by Gasteiger charge is 2.39. The maximum absolute atomic E-state index is 12.3. The summed E-state index contributed by atoms with van der Waals surface area (Å²) in [5, 5.41) is 0. The van der Waals surface area contributed by atoms with Gasteiger partial charge >= 0.3 is 5.97 Å². The summed E-state index contributed by atoms with van der Waals surface area (Å²) in [6.45, 7) is 6.08. The monoisotopic (exact) mass is 279 g/mol. The Labute approximate surface area is 108 Å². The van der Waals surface area contributed by atoms with Crippen molar-refractivity contribution in [2.24, 2.45) is 5.41 Å². The van der Waals surface area contributed by atoms with Crippen molar-refractivity contribution in [2.75, 3.05) is 32.6 Å². The third kappa shape index (κ3) is 3.93. The molecule has 6 nitrogen and oxygen atoms in total. The van der Waals surface area contributed by atoms with Crippen molar-refractivity contribution in [1.82, 2.24) is 4.31 Å². The minimum atomic E-state index is -3.49. The Balaban J connectivity index is 2.93. The van der Waals surface area contributed by atoms with E-state index >= 15 is 0 Å². The van der Waals surface area contributed by atoms with E-state index in [2.05, 4.69) is 4.74 Å².